The van der Waals surface area contributed by atoms with Gasteiger partial charge >= 0.3 is 6.09 Å². The first-order chi connectivity index (χ1) is 20.2. The molecule has 3 rings (SSSR count). The van der Waals surface area contributed by atoms with E-state index >= 15 is 0 Å². The van der Waals surface area contributed by atoms with E-state index in [0.717, 1.165) is 21.6 Å². The number of nitrogens with zero attached hydrogens (tertiary/aromatic N) is 1. The number of imide groups is 1. The number of cyclic esters (lactones) is 1. The lowest BCUT2D eigenvalue weighted by molar-refractivity contribution is -0.149. The lowest BCUT2D eigenvalue weighted by atomic mass is 9.99. The molecule has 0 radical (unpaired) electrons. The van der Waals surface area contributed by atoms with Crippen LogP contribution in [-0.2, 0) is 31.7 Å². The molecule has 1 aliphatic heterocycles. The Labute approximate surface area is 258 Å². The number of benzene rings is 2. The summed E-state index contributed by atoms with van der Waals surface area (Å²) in [5.41, 5.74) is 3.52. The van der Waals surface area contributed by atoms with Crippen LogP contribution >= 0.6 is 0 Å². The molecule has 1 fully saturated rings. The summed E-state index contributed by atoms with van der Waals surface area (Å²) in [4.78, 5) is 28.0. The molecule has 43 heavy (non-hydrogen) atoms. The molecule has 0 aliphatic carbocycles. The number of carbonyl (C=O) groups excluding carboxylic acids is 2. The Bertz CT molecular complexity index is 1270. The monoisotopic (exact) mass is 607 g/mol. The average molecular weight is 608 g/mol. The van der Waals surface area contributed by atoms with Crippen molar-refractivity contribution in [2.75, 3.05) is 6.61 Å². The Hall–Kier alpha value is -3.04. The molecule has 1 aliphatic rings. The van der Waals surface area contributed by atoms with Crippen molar-refractivity contribution >= 4 is 20.3 Å². The second-order valence-corrected chi connectivity index (χ2v) is 17.6. The maximum Gasteiger partial charge on any atom is 0.417 e. The van der Waals surface area contributed by atoms with Crippen LogP contribution in [0.2, 0.25) is 18.1 Å². The molecular formula is C35H49NO6Si. The number of hydrogen-bond donors (Lipinski definition) is 1. The third-order valence-corrected chi connectivity index (χ3v) is 13.1. The maximum atomic E-state index is 14.0. The van der Waals surface area contributed by atoms with Crippen molar-refractivity contribution in [2.45, 2.75) is 103 Å². The van der Waals surface area contributed by atoms with E-state index in [1.165, 1.54) is 0 Å². The highest BCUT2D eigenvalue weighted by atomic mass is 28.4. The molecule has 8 heteroatoms. The van der Waals surface area contributed by atoms with Gasteiger partial charge in [0.1, 0.15) is 12.7 Å². The summed E-state index contributed by atoms with van der Waals surface area (Å²) in [5, 5.41) is 11.6. The molecule has 0 saturated carbocycles. The van der Waals surface area contributed by atoms with Crippen molar-refractivity contribution in [3.8, 4) is 0 Å². The van der Waals surface area contributed by atoms with Crippen LogP contribution in [0.25, 0.3) is 0 Å². The Balaban J connectivity index is 1.87. The standard InChI is InChI=1S/C35H49NO6Si/c1-9-25(2)30(42-43(7,8)35(4,5)6)21-20-26(3)31(37)32(40-23-28-18-14-11-15-19-28)33(38)36-29(24-41-34(36)39)22-27-16-12-10-13-17-27/h9-20,29-32,37H,21-24H2,1-8H3/t29?,30-,31-,32+/m1/s1. The molecule has 2 aromatic carbocycles. The summed E-state index contributed by atoms with van der Waals surface area (Å²) in [5.74, 6) is -0.613. The zero-order chi connectivity index (χ0) is 31.8. The van der Waals surface area contributed by atoms with Gasteiger partial charge in [0.05, 0.1) is 18.8 Å². The molecule has 234 valence electrons. The molecule has 2 aromatic rings. The number of aliphatic hydroxyl groups excluding tert-OH is 1. The number of amides is 2. The van der Waals surface area contributed by atoms with Gasteiger partial charge in [-0.2, -0.15) is 0 Å². The summed E-state index contributed by atoms with van der Waals surface area (Å²) >= 11 is 0. The second kappa shape index (κ2) is 15.1. The molecule has 1 heterocycles. The number of ether oxygens (including phenoxy) is 2. The van der Waals surface area contributed by atoms with Gasteiger partial charge in [0.25, 0.3) is 5.91 Å². The van der Waals surface area contributed by atoms with E-state index < -0.39 is 38.6 Å². The van der Waals surface area contributed by atoms with Crippen LogP contribution in [0, 0.1) is 0 Å². The fraction of sp³-hybridized carbons (Fsp3) is 0.486. The van der Waals surface area contributed by atoms with E-state index in [1.54, 1.807) is 6.92 Å². The van der Waals surface area contributed by atoms with Crippen LogP contribution in [0.1, 0.15) is 59.1 Å². The Morgan fingerprint density at radius 2 is 1.63 bits per heavy atom. The molecular weight excluding hydrogens is 558 g/mol. The fourth-order valence-corrected chi connectivity index (χ4v) is 6.01. The van der Waals surface area contributed by atoms with E-state index in [-0.39, 0.29) is 24.4 Å². The molecule has 0 spiro atoms. The van der Waals surface area contributed by atoms with Crippen LogP contribution in [0.15, 0.2) is 84.0 Å². The Morgan fingerprint density at radius 3 is 2.19 bits per heavy atom. The summed E-state index contributed by atoms with van der Waals surface area (Å²) in [6.07, 6.45) is 1.50. The lowest BCUT2D eigenvalue weighted by Crippen LogP contribution is -2.50. The van der Waals surface area contributed by atoms with E-state index in [1.807, 2.05) is 73.7 Å². The van der Waals surface area contributed by atoms with Gasteiger partial charge < -0.3 is 19.0 Å². The van der Waals surface area contributed by atoms with Crippen LogP contribution in [0.3, 0.4) is 0 Å². The first-order valence-electron chi connectivity index (χ1n) is 15.1. The van der Waals surface area contributed by atoms with Crippen LogP contribution < -0.4 is 0 Å². The van der Waals surface area contributed by atoms with Gasteiger partial charge in [0.15, 0.2) is 14.4 Å². The van der Waals surface area contributed by atoms with E-state index in [2.05, 4.69) is 46.9 Å². The Kier molecular flexibility index (Phi) is 12.1. The normalized spacial score (nSPS) is 18.8. The van der Waals surface area contributed by atoms with Crippen LogP contribution in [0.4, 0.5) is 4.79 Å². The van der Waals surface area contributed by atoms with Crippen molar-refractivity contribution in [1.29, 1.82) is 0 Å². The largest absolute Gasteiger partial charge is 0.447 e. The van der Waals surface area contributed by atoms with Crippen molar-refractivity contribution in [1.82, 2.24) is 4.90 Å². The Morgan fingerprint density at radius 1 is 1.05 bits per heavy atom. The minimum atomic E-state index is -2.07. The quantitative estimate of drug-likeness (QED) is 0.191. The highest BCUT2D eigenvalue weighted by Gasteiger charge is 2.44. The van der Waals surface area contributed by atoms with Gasteiger partial charge in [-0.25, -0.2) is 9.69 Å². The van der Waals surface area contributed by atoms with Gasteiger partial charge in [-0.1, -0.05) is 93.6 Å². The first kappa shape index (κ1) is 34.4. The van der Waals surface area contributed by atoms with Crippen molar-refractivity contribution in [3.05, 3.63) is 95.1 Å². The molecule has 0 aromatic heterocycles. The van der Waals surface area contributed by atoms with Crippen LogP contribution in [0.5, 0.6) is 0 Å². The predicted molar refractivity (Wildman–Crippen MR) is 173 cm³/mol. The summed E-state index contributed by atoms with van der Waals surface area (Å²) < 4.78 is 18.2. The van der Waals surface area contributed by atoms with Crippen molar-refractivity contribution < 1.29 is 28.6 Å². The molecule has 1 N–H and O–H groups in total. The fourth-order valence-electron chi connectivity index (χ4n) is 4.66. The van der Waals surface area contributed by atoms with E-state index in [4.69, 9.17) is 13.9 Å². The molecule has 4 atom stereocenters. The SMILES string of the molecule is CC=C(C)[C@@H](CC=C(C)[C@@H](O)[C@H](OCc1ccccc1)C(=O)N1C(=O)OCC1Cc1ccccc1)O[Si](C)(C)C(C)(C)C. The smallest absolute Gasteiger partial charge is 0.417 e. The van der Waals surface area contributed by atoms with Crippen molar-refractivity contribution in [3.63, 3.8) is 0 Å². The zero-order valence-corrected chi connectivity index (χ0v) is 28.0. The van der Waals surface area contributed by atoms with Gasteiger partial charge in [0.2, 0.25) is 0 Å². The number of allylic oxidation sites excluding steroid dienone is 1. The molecule has 1 unspecified atom stereocenters. The van der Waals surface area contributed by atoms with Gasteiger partial charge in [-0.3, -0.25) is 4.79 Å². The number of aliphatic hydroxyl groups is 1. The third kappa shape index (κ3) is 9.22. The molecule has 1 saturated heterocycles. The topological polar surface area (TPSA) is 85.3 Å². The molecule has 2 amide bonds. The minimum absolute atomic E-state index is 0.0426. The number of carbonyl (C=O) groups is 2. The third-order valence-electron chi connectivity index (χ3n) is 8.64. The van der Waals surface area contributed by atoms with Crippen molar-refractivity contribution in [2.24, 2.45) is 0 Å². The van der Waals surface area contributed by atoms with Gasteiger partial charge in [-0.15, -0.1) is 0 Å². The second-order valence-electron chi connectivity index (χ2n) is 12.9. The molecule has 7 nitrogen and oxygen atoms in total. The maximum absolute atomic E-state index is 14.0. The van der Waals surface area contributed by atoms with E-state index in [9.17, 15) is 14.7 Å². The molecule has 0 bridgehead atoms. The predicted octanol–water partition coefficient (Wildman–Crippen LogP) is 7.22. The summed E-state index contributed by atoms with van der Waals surface area (Å²) in [6.45, 7) is 17.1. The lowest BCUT2D eigenvalue weighted by Gasteiger charge is -2.39. The summed E-state index contributed by atoms with van der Waals surface area (Å²) in [7, 11) is -2.07. The zero-order valence-electron chi connectivity index (χ0n) is 27.0. The van der Waals surface area contributed by atoms with E-state index in [0.29, 0.717) is 18.4 Å². The highest BCUT2D eigenvalue weighted by Crippen LogP contribution is 2.38. The average Bonchev–Trinajstić information content (AvgIpc) is 3.34. The number of rotatable bonds is 13. The van der Waals surface area contributed by atoms with Crippen LogP contribution in [-0.4, -0.2) is 61.3 Å². The van der Waals surface area contributed by atoms with Gasteiger partial charge in [0, 0.05) is 0 Å². The first-order valence-corrected chi connectivity index (χ1v) is 18.0. The minimum Gasteiger partial charge on any atom is -0.447 e. The van der Waals surface area contributed by atoms with Gasteiger partial charge in [-0.05, 0) is 74.0 Å². The number of hydrogen-bond acceptors (Lipinski definition) is 6. The summed E-state index contributed by atoms with van der Waals surface area (Å²) in [6, 6.07) is 18.6. The highest BCUT2D eigenvalue weighted by molar-refractivity contribution is 6.74.